The van der Waals surface area contributed by atoms with E-state index in [0.29, 0.717) is 23.2 Å². The van der Waals surface area contributed by atoms with E-state index in [1.54, 1.807) is 24.5 Å². The van der Waals surface area contributed by atoms with E-state index in [1.807, 2.05) is 17.8 Å². The zero-order valence-corrected chi connectivity index (χ0v) is 13.5. The number of rotatable bonds is 5. The fourth-order valence-corrected chi connectivity index (χ4v) is 2.61. The monoisotopic (exact) mass is 336 g/mol. The molecule has 8 nitrogen and oxygen atoms in total. The molecule has 0 spiro atoms. The summed E-state index contributed by atoms with van der Waals surface area (Å²) < 4.78 is 1.93. The Morgan fingerprint density at radius 3 is 2.92 bits per heavy atom. The van der Waals surface area contributed by atoms with E-state index in [0.717, 1.165) is 24.1 Å². The fraction of sp³-hybridized carbons (Fsp3) is 0.235. The first kappa shape index (κ1) is 15.3. The Kier molecular flexibility index (Phi) is 3.64. The Balaban J connectivity index is 1.67. The van der Waals surface area contributed by atoms with Gasteiger partial charge in [-0.15, -0.1) is 0 Å². The van der Waals surface area contributed by atoms with E-state index in [2.05, 4.69) is 25.4 Å². The van der Waals surface area contributed by atoms with Gasteiger partial charge in [-0.1, -0.05) is 0 Å². The lowest BCUT2D eigenvalue weighted by molar-refractivity contribution is 0.0691. The Hall–Kier alpha value is -3.29. The van der Waals surface area contributed by atoms with Crippen LogP contribution in [0, 0.1) is 6.92 Å². The number of aromatic nitrogens is 5. The first-order chi connectivity index (χ1) is 12.1. The maximum absolute atomic E-state index is 11.4. The van der Waals surface area contributed by atoms with Crippen molar-refractivity contribution in [2.45, 2.75) is 25.8 Å². The van der Waals surface area contributed by atoms with Gasteiger partial charge < -0.3 is 10.4 Å². The number of pyridine rings is 1. The summed E-state index contributed by atoms with van der Waals surface area (Å²) in [4.78, 5) is 24.1. The van der Waals surface area contributed by atoms with Crippen LogP contribution in [0.5, 0.6) is 0 Å². The Morgan fingerprint density at radius 1 is 1.32 bits per heavy atom. The highest BCUT2D eigenvalue weighted by molar-refractivity contribution is 5.93. The molecule has 1 fully saturated rings. The molecule has 0 aromatic carbocycles. The van der Waals surface area contributed by atoms with Gasteiger partial charge in [0.05, 0.1) is 23.6 Å². The average molecular weight is 336 g/mol. The molecule has 1 aliphatic carbocycles. The minimum Gasteiger partial charge on any atom is -0.476 e. The fourth-order valence-electron chi connectivity index (χ4n) is 2.61. The lowest BCUT2D eigenvalue weighted by Gasteiger charge is -2.09. The summed E-state index contributed by atoms with van der Waals surface area (Å²) in [5, 5.41) is 16.8. The molecule has 3 aromatic rings. The summed E-state index contributed by atoms with van der Waals surface area (Å²) in [7, 11) is 0. The van der Waals surface area contributed by atoms with Crippen molar-refractivity contribution in [1.29, 1.82) is 0 Å². The minimum atomic E-state index is -1.09. The third kappa shape index (κ3) is 3.06. The molecule has 25 heavy (non-hydrogen) atoms. The predicted octanol–water partition coefficient (Wildman–Crippen LogP) is 2.82. The van der Waals surface area contributed by atoms with Gasteiger partial charge in [0, 0.05) is 24.2 Å². The van der Waals surface area contributed by atoms with Gasteiger partial charge in [0.25, 0.3) is 0 Å². The standard InChI is InChI=1S/C17H16N6O2/c1-10-7-19-17(21-11-8-20-23(9-11)12-4-5-12)22-14(10)13-3-2-6-18-15(13)16(24)25/h2-3,6-9,12H,4-5H2,1H3,(H,24,25)(H,19,21,22). The largest absolute Gasteiger partial charge is 0.476 e. The number of carboxylic acid groups (broad SMARTS) is 1. The molecule has 1 saturated carbocycles. The molecule has 0 saturated heterocycles. The molecule has 1 aliphatic rings. The van der Waals surface area contributed by atoms with Crippen molar-refractivity contribution in [3.63, 3.8) is 0 Å². The van der Waals surface area contributed by atoms with Crippen molar-refractivity contribution in [1.82, 2.24) is 24.7 Å². The maximum Gasteiger partial charge on any atom is 0.355 e. The summed E-state index contributed by atoms with van der Waals surface area (Å²) >= 11 is 0. The number of hydrogen-bond donors (Lipinski definition) is 2. The van der Waals surface area contributed by atoms with Gasteiger partial charge in [-0.2, -0.15) is 5.10 Å². The van der Waals surface area contributed by atoms with Crippen molar-refractivity contribution in [3.05, 3.63) is 48.2 Å². The van der Waals surface area contributed by atoms with E-state index < -0.39 is 5.97 Å². The van der Waals surface area contributed by atoms with E-state index in [9.17, 15) is 9.90 Å². The highest BCUT2D eigenvalue weighted by Crippen LogP contribution is 2.34. The summed E-state index contributed by atoms with van der Waals surface area (Å²) in [6.45, 7) is 1.84. The normalized spacial score (nSPS) is 13.6. The third-order valence-electron chi connectivity index (χ3n) is 4.02. The Morgan fingerprint density at radius 2 is 2.16 bits per heavy atom. The highest BCUT2D eigenvalue weighted by atomic mass is 16.4. The lowest BCUT2D eigenvalue weighted by atomic mass is 10.1. The van der Waals surface area contributed by atoms with Crippen LogP contribution in [0.2, 0.25) is 0 Å². The van der Waals surface area contributed by atoms with Gasteiger partial charge in [0.15, 0.2) is 5.69 Å². The van der Waals surface area contributed by atoms with Crippen LogP contribution in [-0.2, 0) is 0 Å². The number of aromatic carboxylic acids is 1. The Labute approximate surface area is 143 Å². The van der Waals surface area contributed by atoms with Gasteiger partial charge in [-0.05, 0) is 37.5 Å². The third-order valence-corrected chi connectivity index (χ3v) is 4.02. The molecule has 0 amide bonds. The van der Waals surface area contributed by atoms with Crippen molar-refractivity contribution in [2.75, 3.05) is 5.32 Å². The molecular formula is C17H16N6O2. The molecule has 0 aliphatic heterocycles. The minimum absolute atomic E-state index is 0.0307. The number of aryl methyl sites for hydroxylation is 1. The summed E-state index contributed by atoms with van der Waals surface area (Å²) in [5.74, 6) is -0.704. The first-order valence-electron chi connectivity index (χ1n) is 7.95. The van der Waals surface area contributed by atoms with Crippen LogP contribution in [0.15, 0.2) is 36.9 Å². The van der Waals surface area contributed by atoms with Crippen LogP contribution >= 0.6 is 0 Å². The molecule has 2 N–H and O–H groups in total. The van der Waals surface area contributed by atoms with Gasteiger partial charge in [-0.25, -0.2) is 19.7 Å². The van der Waals surface area contributed by atoms with Crippen molar-refractivity contribution in [2.24, 2.45) is 0 Å². The molecular weight excluding hydrogens is 320 g/mol. The number of anilines is 2. The lowest BCUT2D eigenvalue weighted by Crippen LogP contribution is -2.06. The molecule has 0 unspecified atom stereocenters. The van der Waals surface area contributed by atoms with Crippen molar-refractivity contribution < 1.29 is 9.90 Å². The number of carboxylic acids is 1. The molecule has 0 atom stereocenters. The van der Waals surface area contributed by atoms with Crippen LogP contribution in [0.4, 0.5) is 11.6 Å². The molecule has 3 heterocycles. The molecule has 126 valence electrons. The summed E-state index contributed by atoms with van der Waals surface area (Å²) in [5.41, 5.74) is 2.54. The summed E-state index contributed by atoms with van der Waals surface area (Å²) in [6.07, 6.45) is 9.08. The SMILES string of the molecule is Cc1cnc(Nc2cnn(C3CC3)c2)nc1-c1cccnc1C(=O)O. The number of nitrogens with zero attached hydrogens (tertiary/aromatic N) is 5. The van der Waals surface area contributed by atoms with E-state index >= 15 is 0 Å². The zero-order valence-electron chi connectivity index (χ0n) is 13.5. The van der Waals surface area contributed by atoms with E-state index in [-0.39, 0.29) is 5.69 Å². The smallest absolute Gasteiger partial charge is 0.355 e. The maximum atomic E-state index is 11.4. The molecule has 0 radical (unpaired) electrons. The van der Waals surface area contributed by atoms with Gasteiger partial charge in [0.2, 0.25) is 5.95 Å². The highest BCUT2D eigenvalue weighted by Gasteiger charge is 2.24. The zero-order chi connectivity index (χ0) is 17.4. The molecule has 0 bridgehead atoms. The second-order valence-corrected chi connectivity index (χ2v) is 6.00. The van der Waals surface area contributed by atoms with E-state index in [4.69, 9.17) is 0 Å². The van der Waals surface area contributed by atoms with Crippen LogP contribution in [-0.4, -0.2) is 35.8 Å². The van der Waals surface area contributed by atoms with Gasteiger partial charge in [0.1, 0.15) is 0 Å². The molecule has 8 heteroatoms. The summed E-state index contributed by atoms with van der Waals surface area (Å²) in [6, 6.07) is 3.88. The van der Waals surface area contributed by atoms with E-state index in [1.165, 1.54) is 6.20 Å². The number of nitrogens with one attached hydrogen (secondary N) is 1. The molecule has 3 aromatic heterocycles. The second kappa shape index (κ2) is 5.97. The van der Waals surface area contributed by atoms with Gasteiger partial charge in [-0.3, -0.25) is 4.68 Å². The number of carbonyl (C=O) groups is 1. The number of hydrogen-bond acceptors (Lipinski definition) is 6. The first-order valence-corrected chi connectivity index (χ1v) is 7.95. The quantitative estimate of drug-likeness (QED) is 0.738. The second-order valence-electron chi connectivity index (χ2n) is 6.00. The van der Waals surface area contributed by atoms with Crippen molar-refractivity contribution >= 4 is 17.6 Å². The predicted molar refractivity (Wildman–Crippen MR) is 90.7 cm³/mol. The van der Waals surface area contributed by atoms with Gasteiger partial charge >= 0.3 is 5.97 Å². The van der Waals surface area contributed by atoms with Crippen molar-refractivity contribution in [3.8, 4) is 11.3 Å². The van der Waals surface area contributed by atoms with Crippen LogP contribution in [0.3, 0.4) is 0 Å². The Bertz CT molecular complexity index is 948. The molecule has 4 rings (SSSR count). The van der Waals surface area contributed by atoms with Crippen LogP contribution in [0.1, 0.15) is 34.9 Å². The van der Waals surface area contributed by atoms with Crippen LogP contribution in [0.25, 0.3) is 11.3 Å². The van der Waals surface area contributed by atoms with Crippen LogP contribution < -0.4 is 5.32 Å². The topological polar surface area (TPSA) is 106 Å². The average Bonchev–Trinajstić information content (AvgIpc) is 3.36.